The van der Waals surface area contributed by atoms with E-state index in [2.05, 4.69) is 64.5 Å². The van der Waals surface area contributed by atoms with E-state index in [0.717, 1.165) is 65.0 Å². The van der Waals surface area contributed by atoms with Gasteiger partial charge >= 0.3 is 17.8 Å². The molecule has 1 aliphatic rings. The van der Waals surface area contributed by atoms with Crippen LogP contribution in [-0.2, 0) is 11.8 Å². The number of aryl methyl sites for hydroxylation is 1. The molecule has 212 valence electrons. The Bertz CT molecular complexity index is 1740. The van der Waals surface area contributed by atoms with Gasteiger partial charge in [-0.15, -0.1) is 4.42 Å². The summed E-state index contributed by atoms with van der Waals surface area (Å²) in [5, 5.41) is 11.6. The van der Waals surface area contributed by atoms with E-state index in [1.54, 1.807) is 6.20 Å². The number of carbonyl (C=O) groups excluding carboxylic acids is 1. The van der Waals surface area contributed by atoms with Gasteiger partial charge in [-0.25, -0.2) is 14.8 Å². The summed E-state index contributed by atoms with van der Waals surface area (Å²) in [4.78, 5) is 25.9. The number of nitrogens with zero attached hydrogens (tertiary/aromatic N) is 5. The Hall–Kier alpha value is -4.34. The molecule has 4 aromatic heterocycles. The molecule has 4 heterocycles. The Morgan fingerprint density at radius 2 is 2.02 bits per heavy atom. The maximum Gasteiger partial charge on any atom is 0.811 e. The molecule has 1 aliphatic carbocycles. The van der Waals surface area contributed by atoms with Gasteiger partial charge in [0, 0.05) is 23.5 Å². The van der Waals surface area contributed by atoms with Gasteiger partial charge in [0.2, 0.25) is 0 Å². The second-order valence-corrected chi connectivity index (χ2v) is 12.1. The Labute approximate surface area is 238 Å². The van der Waals surface area contributed by atoms with E-state index in [9.17, 15) is 4.79 Å². The molecule has 5 aromatic rings. The summed E-state index contributed by atoms with van der Waals surface area (Å²) in [7, 11) is 0. The Balaban J connectivity index is 1.31. The number of hydrogen-bond acceptors (Lipinski definition) is 4. The molecular formula is C31H36N7O3+. The van der Waals surface area contributed by atoms with Gasteiger partial charge < -0.3 is 10.3 Å². The molecule has 0 bridgehead atoms. The van der Waals surface area contributed by atoms with Crippen LogP contribution in [-0.4, -0.2) is 30.6 Å². The van der Waals surface area contributed by atoms with Crippen molar-refractivity contribution in [2.45, 2.75) is 84.7 Å². The number of amides is 1. The predicted octanol–water partition coefficient (Wildman–Crippen LogP) is 6.58. The van der Waals surface area contributed by atoms with Gasteiger partial charge in [0.05, 0.1) is 28.7 Å². The van der Waals surface area contributed by atoms with Gasteiger partial charge in [0.1, 0.15) is 5.82 Å². The first-order chi connectivity index (χ1) is 19.6. The maximum absolute atomic E-state index is 13.0. The lowest BCUT2D eigenvalue weighted by Gasteiger charge is -2.18. The van der Waals surface area contributed by atoms with Crippen LogP contribution in [0.1, 0.15) is 99.4 Å². The van der Waals surface area contributed by atoms with Crippen LogP contribution >= 0.6 is 0 Å². The number of aromatic nitrogens is 6. The number of imidazole rings is 1. The minimum atomic E-state index is -0.396. The summed E-state index contributed by atoms with van der Waals surface area (Å²) in [6.45, 7) is 12.2. The number of nitrogens with one attached hydrogen (secondary N) is 2. The molecule has 1 aromatic carbocycles. The van der Waals surface area contributed by atoms with Gasteiger partial charge in [0.25, 0.3) is 0 Å². The van der Waals surface area contributed by atoms with E-state index < -0.39 is 5.91 Å². The highest BCUT2D eigenvalue weighted by Gasteiger charge is 2.41. The van der Waals surface area contributed by atoms with E-state index in [1.165, 1.54) is 5.56 Å². The summed E-state index contributed by atoms with van der Waals surface area (Å²) >= 11 is 0. The second-order valence-electron chi connectivity index (χ2n) is 12.1. The van der Waals surface area contributed by atoms with Crippen LogP contribution in [0.5, 0.6) is 0 Å². The summed E-state index contributed by atoms with van der Waals surface area (Å²) < 4.78 is 12.9. The number of carbonyl (C=O) groups is 1. The summed E-state index contributed by atoms with van der Waals surface area (Å²) in [5.74, 6) is 0.630. The average molecular weight is 555 g/mol. The van der Waals surface area contributed by atoms with Crippen molar-refractivity contribution in [2.75, 3.05) is 0 Å². The highest BCUT2D eigenvalue weighted by atomic mass is 16.6. The first-order valence-corrected chi connectivity index (χ1v) is 14.2. The molecule has 0 aliphatic heterocycles. The fraction of sp³-hybridized carbons (Fsp3) is 0.419. The van der Waals surface area contributed by atoms with E-state index >= 15 is 0 Å². The van der Waals surface area contributed by atoms with Crippen molar-refractivity contribution in [3.05, 3.63) is 65.3 Å². The SMILES string of the molecule is Cc1c(-c2nc3nccc(-c4ccc5c(c4)CCCCC5NC(=O)c4[o+][n-]c(C(C)(C)C)[o+]4)c3[nH]2)cnn1C(C)C. The van der Waals surface area contributed by atoms with Gasteiger partial charge in [-0.1, -0.05) is 24.6 Å². The van der Waals surface area contributed by atoms with Crippen LogP contribution in [0.3, 0.4) is 0 Å². The van der Waals surface area contributed by atoms with Gasteiger partial charge in [-0.3, -0.25) is 4.68 Å². The largest absolute Gasteiger partial charge is 0.811 e. The third kappa shape index (κ3) is 5.03. The zero-order chi connectivity index (χ0) is 28.9. The fourth-order valence-electron chi connectivity index (χ4n) is 5.56. The molecule has 2 N–H and O–H groups in total. The minimum Gasteiger partial charge on any atom is -0.336 e. The van der Waals surface area contributed by atoms with E-state index in [0.29, 0.717) is 11.5 Å². The van der Waals surface area contributed by atoms with Crippen LogP contribution in [0.25, 0.3) is 33.7 Å². The first-order valence-electron chi connectivity index (χ1n) is 14.2. The second kappa shape index (κ2) is 10.2. The number of benzene rings is 1. The third-order valence-corrected chi connectivity index (χ3v) is 7.73. The molecule has 1 atom stereocenters. The molecule has 0 spiro atoms. The van der Waals surface area contributed by atoms with Crippen LogP contribution < -0.4 is 10.5 Å². The molecule has 0 saturated carbocycles. The monoisotopic (exact) mass is 554 g/mol. The Kier molecular flexibility index (Phi) is 6.71. The predicted molar refractivity (Wildman–Crippen MR) is 155 cm³/mol. The molecule has 0 saturated heterocycles. The number of rotatable bonds is 5. The molecule has 10 heteroatoms. The first kappa shape index (κ1) is 26.9. The van der Waals surface area contributed by atoms with Crippen LogP contribution in [0.4, 0.5) is 0 Å². The van der Waals surface area contributed by atoms with Crippen LogP contribution in [0.2, 0.25) is 0 Å². The van der Waals surface area contributed by atoms with E-state index in [-0.39, 0.29) is 23.5 Å². The van der Waals surface area contributed by atoms with E-state index in [4.69, 9.17) is 13.9 Å². The van der Waals surface area contributed by atoms with Crippen molar-refractivity contribution >= 4 is 17.1 Å². The van der Waals surface area contributed by atoms with Crippen molar-refractivity contribution < 1.29 is 13.7 Å². The minimum absolute atomic E-state index is 0.124. The average Bonchev–Trinajstić information content (AvgIpc) is 3.65. The molecule has 10 nitrogen and oxygen atoms in total. The van der Waals surface area contributed by atoms with Crippen LogP contribution in [0.15, 0.2) is 45.6 Å². The molecular weight excluding hydrogens is 518 g/mol. The number of pyridine rings is 1. The number of H-pyrrole nitrogens is 1. The lowest BCUT2D eigenvalue weighted by atomic mass is 9.94. The smallest absolute Gasteiger partial charge is 0.336 e. The van der Waals surface area contributed by atoms with E-state index in [1.807, 2.05) is 37.7 Å². The number of hydrogen-bond donors (Lipinski definition) is 2. The lowest BCUT2D eigenvalue weighted by Crippen LogP contribution is -2.28. The Morgan fingerprint density at radius 3 is 2.76 bits per heavy atom. The number of fused-ring (bicyclic) bond motifs is 2. The topological polar surface area (TPSA) is 125 Å². The molecule has 1 unspecified atom stereocenters. The quantitative estimate of drug-likeness (QED) is 0.186. The molecule has 0 fully saturated rings. The van der Waals surface area contributed by atoms with Crippen molar-refractivity contribution in [1.29, 1.82) is 0 Å². The lowest BCUT2D eigenvalue weighted by molar-refractivity contribution is 0.0851. The zero-order valence-electron chi connectivity index (χ0n) is 24.4. The molecule has 0 radical (unpaired) electrons. The fourth-order valence-corrected chi connectivity index (χ4v) is 5.56. The normalized spacial score (nSPS) is 15.7. The Morgan fingerprint density at radius 1 is 1.20 bits per heavy atom. The highest BCUT2D eigenvalue weighted by molar-refractivity contribution is 5.92. The molecule has 1 amide bonds. The van der Waals surface area contributed by atoms with Gasteiger partial charge in [0.15, 0.2) is 5.65 Å². The molecule has 41 heavy (non-hydrogen) atoms. The van der Waals surface area contributed by atoms with Crippen molar-refractivity contribution in [3.8, 4) is 22.5 Å². The van der Waals surface area contributed by atoms with Gasteiger partial charge in [-0.2, -0.15) is 14.8 Å². The van der Waals surface area contributed by atoms with Crippen LogP contribution in [0, 0.1) is 6.92 Å². The standard InChI is InChI=1S/C31H35N7O3/c1-17(2)38-18(3)23(16-33-38)26-35-25-22(13-14-32-27(25)36-26)20-11-12-21-19(15-20)9-7-8-10-24(21)34-28(39)29-40-30(37-41-29)31(4,5)6/h11-17,24H,7-10H2,1-6H3,(H-,32,34,35,36,39)/p+1. The summed E-state index contributed by atoms with van der Waals surface area (Å²) in [6.07, 6.45) is 7.48. The van der Waals surface area contributed by atoms with Crippen molar-refractivity contribution in [3.63, 3.8) is 0 Å². The highest BCUT2D eigenvalue weighted by Crippen LogP contribution is 2.35. The van der Waals surface area contributed by atoms with Crippen molar-refractivity contribution in [2.24, 2.45) is 0 Å². The van der Waals surface area contributed by atoms with Gasteiger partial charge in [-0.05, 0) is 83.6 Å². The summed E-state index contributed by atoms with van der Waals surface area (Å²) in [5.41, 5.74) is 7.67. The summed E-state index contributed by atoms with van der Waals surface area (Å²) in [6, 6.07) is 8.60. The number of aromatic amines is 1. The third-order valence-electron chi connectivity index (χ3n) is 7.73. The maximum atomic E-state index is 13.0. The molecule has 6 rings (SSSR count). The zero-order valence-corrected chi connectivity index (χ0v) is 24.4. The van der Waals surface area contributed by atoms with Crippen molar-refractivity contribution in [1.82, 2.24) is 35.2 Å².